The van der Waals surface area contributed by atoms with Gasteiger partial charge in [0, 0.05) is 11.8 Å². The Balaban J connectivity index is 1.37. The van der Waals surface area contributed by atoms with E-state index in [0.717, 1.165) is 47.2 Å². The van der Waals surface area contributed by atoms with E-state index in [2.05, 4.69) is 199 Å². The molecule has 0 amide bonds. The molecule has 1 spiro atoms. The lowest BCUT2D eigenvalue weighted by molar-refractivity contribution is -0.157. The number of carbonyl (C=O) groups is 1. The number of halogens is 1. The minimum atomic E-state index is -3.22. The van der Waals surface area contributed by atoms with Crippen LogP contribution in [0, 0.1) is 5.82 Å². The maximum absolute atomic E-state index is 14.7. The second-order valence-electron chi connectivity index (χ2n) is 22.2. The smallest absolute Gasteiger partial charge is 0.308 e. The minimum Gasteiger partial charge on any atom is -0.460 e. The van der Waals surface area contributed by atoms with Gasteiger partial charge < -0.3 is 13.6 Å². The van der Waals surface area contributed by atoms with Gasteiger partial charge in [0.15, 0.2) is 0 Å². The highest BCUT2D eigenvalue weighted by atomic mass is 28.4. The SMILES string of the molecule is CC(C)(C)OC(=O)C[C@@H](C[C@@H](C=CC1=C(c2ccc(F)cc2)c2ccccc2C12CCCC2)O[Si](c1ccccc1)(c1ccccc1)C(C)(C)C)O[Si](c1ccccc1)(c1ccccc1)C(C)(C)C. The van der Waals surface area contributed by atoms with E-state index < -0.39 is 34.4 Å². The monoisotopic (exact) mass is 954 g/mol. The number of fused-ring (bicyclic) bond motifs is 2. The third-order valence-corrected chi connectivity index (χ3v) is 24.5. The predicted octanol–water partition coefficient (Wildman–Crippen LogP) is 13.0. The third-order valence-electron chi connectivity index (χ3n) is 14.4. The quantitative estimate of drug-likeness (QED) is 0.0760. The molecule has 69 heavy (non-hydrogen) atoms. The van der Waals surface area contributed by atoms with Crippen LogP contribution >= 0.6 is 0 Å². The number of hydrogen-bond acceptors (Lipinski definition) is 4. The summed E-state index contributed by atoms with van der Waals surface area (Å²) in [6, 6.07) is 58.7. The van der Waals surface area contributed by atoms with E-state index in [9.17, 15) is 9.18 Å². The van der Waals surface area contributed by atoms with Gasteiger partial charge in [0.05, 0.1) is 18.6 Å². The lowest BCUT2D eigenvalue weighted by atomic mass is 9.75. The number of rotatable bonds is 15. The number of ether oxygens (including phenoxy) is 1. The predicted molar refractivity (Wildman–Crippen MR) is 288 cm³/mol. The Hall–Kier alpha value is -5.45. The van der Waals surface area contributed by atoms with Crippen LogP contribution in [-0.4, -0.2) is 40.4 Å². The summed E-state index contributed by atoms with van der Waals surface area (Å²) in [5.74, 6) is -0.565. The molecule has 7 heteroatoms. The molecule has 0 bridgehead atoms. The molecule has 6 aromatic carbocycles. The Kier molecular flexibility index (Phi) is 14.6. The molecule has 0 heterocycles. The summed E-state index contributed by atoms with van der Waals surface area (Å²) in [5.41, 5.74) is 5.01. The van der Waals surface area contributed by atoms with Crippen molar-refractivity contribution < 1.29 is 22.8 Å². The van der Waals surface area contributed by atoms with Crippen molar-refractivity contribution in [3.8, 4) is 0 Å². The molecule has 1 fully saturated rings. The molecular weight excluding hydrogens is 884 g/mol. The highest BCUT2D eigenvalue weighted by Crippen LogP contribution is 2.57. The van der Waals surface area contributed by atoms with Crippen molar-refractivity contribution in [2.75, 3.05) is 0 Å². The molecule has 1 saturated carbocycles. The van der Waals surface area contributed by atoms with Gasteiger partial charge in [0.25, 0.3) is 16.6 Å². The van der Waals surface area contributed by atoms with E-state index in [4.69, 9.17) is 13.6 Å². The Morgan fingerprint density at radius 3 is 1.48 bits per heavy atom. The van der Waals surface area contributed by atoms with Crippen LogP contribution in [0.3, 0.4) is 0 Å². The highest BCUT2D eigenvalue weighted by molar-refractivity contribution is 7.00. The molecule has 0 saturated heterocycles. The summed E-state index contributed by atoms with van der Waals surface area (Å²) in [7, 11) is -6.44. The largest absolute Gasteiger partial charge is 0.460 e. The second kappa shape index (κ2) is 20.1. The number of hydrogen-bond donors (Lipinski definition) is 0. The first-order valence-corrected chi connectivity index (χ1v) is 28.8. The Morgan fingerprint density at radius 2 is 1.03 bits per heavy atom. The molecule has 0 radical (unpaired) electrons. The molecule has 2 aliphatic rings. The third kappa shape index (κ3) is 10.1. The minimum absolute atomic E-state index is 0.0368. The normalized spacial score (nSPS) is 16.2. The summed E-state index contributed by atoms with van der Waals surface area (Å²) in [4.78, 5) is 14.5. The van der Waals surface area contributed by atoms with E-state index in [1.54, 1.807) is 12.1 Å². The fourth-order valence-electron chi connectivity index (χ4n) is 11.6. The standard InChI is InChI=1S/C62H71FO4Si2/c1-59(2,3)65-57(64)45-49(67-69(61(7,8)9,52-30-18-12-19-31-52)53-32-20-13-21-33-53)44-48(66-68(60(4,5)6,50-26-14-10-15-27-50)51-28-16-11-17-29-51)40-41-56-58(46-36-38-47(63)39-37-46)54-34-22-23-35-55(54)62(56)42-24-25-43-62/h10-23,26-41,48-49H,24-25,42-45H2,1-9H3/t48-,49-/m1/s1. The number of allylic oxidation sites excluding steroid dienone is 2. The van der Waals surface area contributed by atoms with Crippen LogP contribution in [0.1, 0.15) is 118 Å². The molecule has 2 aliphatic carbocycles. The zero-order chi connectivity index (χ0) is 49.1. The zero-order valence-corrected chi connectivity index (χ0v) is 44.2. The molecule has 0 aromatic heterocycles. The first-order valence-electron chi connectivity index (χ1n) is 25.0. The van der Waals surface area contributed by atoms with Crippen molar-refractivity contribution in [2.24, 2.45) is 0 Å². The van der Waals surface area contributed by atoms with Crippen LogP contribution in [0.5, 0.6) is 0 Å². The lowest BCUT2D eigenvalue weighted by Gasteiger charge is -2.47. The first-order chi connectivity index (χ1) is 32.9. The van der Waals surface area contributed by atoms with Crippen molar-refractivity contribution in [1.29, 1.82) is 0 Å². The van der Waals surface area contributed by atoms with Gasteiger partial charge in [-0.05, 0) is 104 Å². The van der Waals surface area contributed by atoms with Gasteiger partial charge in [-0.1, -0.05) is 224 Å². The summed E-state index contributed by atoms with van der Waals surface area (Å²) in [5, 5.41) is 3.93. The van der Waals surface area contributed by atoms with Gasteiger partial charge in [0.2, 0.25) is 0 Å². The fourth-order valence-corrected chi connectivity index (χ4v) is 20.9. The highest BCUT2D eigenvalue weighted by Gasteiger charge is 2.54. The van der Waals surface area contributed by atoms with Crippen molar-refractivity contribution >= 4 is 48.9 Å². The van der Waals surface area contributed by atoms with E-state index in [0.29, 0.717) is 6.42 Å². The molecular formula is C62H71FO4Si2. The van der Waals surface area contributed by atoms with Crippen LogP contribution in [0.15, 0.2) is 188 Å². The Labute approximate surface area is 413 Å². The maximum atomic E-state index is 14.7. The Morgan fingerprint density at radius 1 is 0.594 bits per heavy atom. The molecule has 0 unspecified atom stereocenters. The maximum Gasteiger partial charge on any atom is 0.308 e. The lowest BCUT2D eigenvalue weighted by Crippen LogP contribution is -2.69. The van der Waals surface area contributed by atoms with Crippen molar-refractivity contribution in [1.82, 2.24) is 0 Å². The second-order valence-corrected chi connectivity index (χ2v) is 30.7. The van der Waals surface area contributed by atoms with E-state index in [1.807, 2.05) is 32.9 Å². The molecule has 4 nitrogen and oxygen atoms in total. The van der Waals surface area contributed by atoms with Gasteiger partial charge in [-0.3, -0.25) is 4.79 Å². The van der Waals surface area contributed by atoms with Gasteiger partial charge in [0.1, 0.15) is 11.4 Å². The zero-order valence-electron chi connectivity index (χ0n) is 42.2. The van der Waals surface area contributed by atoms with Gasteiger partial charge >= 0.3 is 5.97 Å². The molecule has 6 aromatic rings. The summed E-state index contributed by atoms with van der Waals surface area (Å²) in [6.45, 7) is 19.5. The number of benzene rings is 6. The molecule has 2 atom stereocenters. The number of carbonyl (C=O) groups excluding carboxylic acids is 1. The summed E-state index contributed by atoms with van der Waals surface area (Å²) >= 11 is 0. The Bertz CT molecular complexity index is 2650. The number of esters is 1. The average molecular weight is 955 g/mol. The average Bonchev–Trinajstić information content (AvgIpc) is 3.92. The summed E-state index contributed by atoms with van der Waals surface area (Å²) < 4.78 is 37.1. The van der Waals surface area contributed by atoms with Crippen LogP contribution in [0.25, 0.3) is 5.57 Å². The van der Waals surface area contributed by atoms with Crippen LogP contribution in [0.4, 0.5) is 4.39 Å². The van der Waals surface area contributed by atoms with E-state index in [-0.39, 0.29) is 33.7 Å². The first kappa shape index (κ1) is 50.0. The van der Waals surface area contributed by atoms with E-state index >= 15 is 0 Å². The topological polar surface area (TPSA) is 44.8 Å². The van der Waals surface area contributed by atoms with Crippen molar-refractivity contribution in [2.45, 2.75) is 134 Å². The van der Waals surface area contributed by atoms with Crippen LogP contribution < -0.4 is 20.7 Å². The van der Waals surface area contributed by atoms with E-state index in [1.165, 1.54) is 27.1 Å². The van der Waals surface area contributed by atoms with Gasteiger partial charge in [-0.2, -0.15) is 0 Å². The van der Waals surface area contributed by atoms with Crippen molar-refractivity contribution in [3.63, 3.8) is 0 Å². The molecule has 0 aliphatic heterocycles. The molecule has 358 valence electrons. The van der Waals surface area contributed by atoms with Crippen LogP contribution in [0.2, 0.25) is 10.1 Å². The van der Waals surface area contributed by atoms with Crippen LogP contribution in [-0.2, 0) is 23.8 Å². The van der Waals surface area contributed by atoms with Gasteiger partial charge in [-0.15, -0.1) is 0 Å². The van der Waals surface area contributed by atoms with Crippen molar-refractivity contribution in [3.05, 3.63) is 210 Å². The molecule has 0 N–H and O–H groups in total. The summed E-state index contributed by atoms with van der Waals surface area (Å²) in [6.07, 6.45) is 8.18. The van der Waals surface area contributed by atoms with Gasteiger partial charge in [-0.25, -0.2) is 4.39 Å². The fraction of sp³-hybridized carbons (Fsp3) is 0.339. The molecule has 8 rings (SSSR count).